The number of carbonyl (C=O) groups is 1. The maximum atomic E-state index is 13.3. The second-order valence-corrected chi connectivity index (χ2v) is 5.86. The van der Waals surface area contributed by atoms with Crippen LogP contribution in [0.25, 0.3) is 0 Å². The number of aromatic nitrogens is 2. The van der Waals surface area contributed by atoms with E-state index in [2.05, 4.69) is 21.0 Å². The smallest absolute Gasteiger partial charge is 0.141 e. The van der Waals surface area contributed by atoms with E-state index in [0.717, 1.165) is 17.0 Å². The molecule has 1 heterocycles. The minimum Gasteiger partial charge on any atom is -0.299 e. The third-order valence-corrected chi connectivity index (χ3v) is 3.81. The molecule has 0 bridgehead atoms. The number of rotatable bonds is 4. The number of benzene rings is 1. The minimum atomic E-state index is -0.337. The Morgan fingerprint density at radius 2 is 2.00 bits per heavy atom. The summed E-state index contributed by atoms with van der Waals surface area (Å²) in [5.74, 6) is -0.280. The molecule has 0 unspecified atom stereocenters. The SMILES string of the molecule is Cc1nn(C)c(C)c1CC(=O)Cc1cc(F)cc(Br)c1. The third kappa shape index (κ3) is 3.33. The molecule has 0 fully saturated rings. The minimum absolute atomic E-state index is 0.0571. The van der Waals surface area contributed by atoms with Crippen LogP contribution in [0.1, 0.15) is 22.5 Å². The molecule has 0 aliphatic rings. The number of carbonyl (C=O) groups excluding carboxylic acids is 1. The molecule has 0 spiro atoms. The van der Waals surface area contributed by atoms with Gasteiger partial charge in [-0.1, -0.05) is 15.9 Å². The Kier molecular flexibility index (Phi) is 4.38. The van der Waals surface area contributed by atoms with Crippen LogP contribution < -0.4 is 0 Å². The second kappa shape index (κ2) is 5.87. The van der Waals surface area contributed by atoms with E-state index in [1.165, 1.54) is 12.1 Å². The first kappa shape index (κ1) is 14.9. The van der Waals surface area contributed by atoms with Gasteiger partial charge < -0.3 is 0 Å². The molecule has 1 aromatic heterocycles. The van der Waals surface area contributed by atoms with Gasteiger partial charge in [-0.3, -0.25) is 9.48 Å². The van der Waals surface area contributed by atoms with Crippen LogP contribution in [-0.4, -0.2) is 15.6 Å². The number of aryl methyl sites for hydroxylation is 2. The van der Waals surface area contributed by atoms with E-state index < -0.39 is 0 Å². The molecule has 106 valence electrons. The van der Waals surface area contributed by atoms with Crippen molar-refractivity contribution >= 4 is 21.7 Å². The molecule has 0 amide bonds. The van der Waals surface area contributed by atoms with E-state index in [4.69, 9.17) is 0 Å². The fraction of sp³-hybridized carbons (Fsp3) is 0.333. The van der Waals surface area contributed by atoms with E-state index >= 15 is 0 Å². The van der Waals surface area contributed by atoms with Gasteiger partial charge in [0.15, 0.2) is 0 Å². The molecule has 0 saturated heterocycles. The first-order valence-corrected chi connectivity index (χ1v) is 7.12. The quantitative estimate of drug-likeness (QED) is 0.857. The zero-order chi connectivity index (χ0) is 14.9. The van der Waals surface area contributed by atoms with Gasteiger partial charge in [-0.05, 0) is 37.6 Å². The van der Waals surface area contributed by atoms with E-state index in [1.54, 1.807) is 10.7 Å². The Hall–Kier alpha value is -1.49. The summed E-state index contributed by atoms with van der Waals surface area (Å²) in [7, 11) is 1.86. The predicted octanol–water partition coefficient (Wildman–Crippen LogP) is 3.29. The highest BCUT2D eigenvalue weighted by Gasteiger charge is 2.14. The number of halogens is 2. The van der Waals surface area contributed by atoms with Gasteiger partial charge in [-0.2, -0.15) is 5.10 Å². The van der Waals surface area contributed by atoms with Crippen molar-refractivity contribution in [3.05, 3.63) is 51.0 Å². The average Bonchev–Trinajstić information content (AvgIpc) is 2.54. The van der Waals surface area contributed by atoms with Crippen LogP contribution in [0.2, 0.25) is 0 Å². The zero-order valence-corrected chi connectivity index (χ0v) is 13.3. The van der Waals surface area contributed by atoms with Crippen LogP contribution in [0.15, 0.2) is 22.7 Å². The highest BCUT2D eigenvalue weighted by atomic mass is 79.9. The number of ketones is 1. The molecule has 20 heavy (non-hydrogen) atoms. The summed E-state index contributed by atoms with van der Waals surface area (Å²) >= 11 is 3.23. The van der Waals surface area contributed by atoms with Crippen LogP contribution in [0.3, 0.4) is 0 Å². The summed E-state index contributed by atoms with van der Waals surface area (Å²) in [6, 6.07) is 4.54. The molecular weight excluding hydrogens is 323 g/mol. The van der Waals surface area contributed by atoms with Crippen LogP contribution in [-0.2, 0) is 24.7 Å². The van der Waals surface area contributed by atoms with Gasteiger partial charge in [0.05, 0.1) is 5.69 Å². The lowest BCUT2D eigenvalue weighted by atomic mass is 10.0. The monoisotopic (exact) mass is 338 g/mol. The van der Waals surface area contributed by atoms with Gasteiger partial charge in [0.1, 0.15) is 11.6 Å². The first-order chi connectivity index (χ1) is 9.36. The van der Waals surface area contributed by atoms with Crippen LogP contribution >= 0.6 is 15.9 Å². The van der Waals surface area contributed by atoms with Crippen molar-refractivity contribution in [2.45, 2.75) is 26.7 Å². The molecule has 0 radical (unpaired) electrons. The van der Waals surface area contributed by atoms with Gasteiger partial charge in [0.25, 0.3) is 0 Å². The van der Waals surface area contributed by atoms with Crippen molar-refractivity contribution < 1.29 is 9.18 Å². The van der Waals surface area contributed by atoms with Gasteiger partial charge in [-0.25, -0.2) is 4.39 Å². The molecule has 0 aliphatic carbocycles. The highest BCUT2D eigenvalue weighted by Crippen LogP contribution is 2.17. The molecule has 2 rings (SSSR count). The number of hydrogen-bond acceptors (Lipinski definition) is 2. The van der Waals surface area contributed by atoms with Crippen molar-refractivity contribution in [2.75, 3.05) is 0 Å². The number of nitrogens with zero attached hydrogens (tertiary/aromatic N) is 2. The lowest BCUT2D eigenvalue weighted by molar-refractivity contribution is -0.117. The Labute approximate surface area is 125 Å². The average molecular weight is 339 g/mol. The van der Waals surface area contributed by atoms with E-state index in [1.807, 2.05) is 20.9 Å². The fourth-order valence-corrected chi connectivity index (χ4v) is 2.79. The number of hydrogen-bond donors (Lipinski definition) is 0. The molecule has 2 aromatic rings. The largest absolute Gasteiger partial charge is 0.299 e. The Morgan fingerprint density at radius 3 is 2.55 bits per heavy atom. The Balaban J connectivity index is 2.13. The van der Waals surface area contributed by atoms with E-state index in [9.17, 15) is 9.18 Å². The summed E-state index contributed by atoms with van der Waals surface area (Å²) in [6.07, 6.45) is 0.559. The summed E-state index contributed by atoms with van der Waals surface area (Å²) in [5, 5.41) is 4.30. The predicted molar refractivity (Wildman–Crippen MR) is 79.2 cm³/mol. The molecule has 0 N–H and O–H groups in total. The number of Topliss-reactive ketones (excluding diaryl/α,β-unsaturated/α-hetero) is 1. The van der Waals surface area contributed by atoms with Crippen molar-refractivity contribution in [2.24, 2.45) is 7.05 Å². The van der Waals surface area contributed by atoms with E-state index in [-0.39, 0.29) is 18.0 Å². The third-order valence-electron chi connectivity index (χ3n) is 3.36. The van der Waals surface area contributed by atoms with Crippen LogP contribution in [0.4, 0.5) is 4.39 Å². The Morgan fingerprint density at radius 1 is 1.30 bits per heavy atom. The van der Waals surface area contributed by atoms with Crippen LogP contribution in [0.5, 0.6) is 0 Å². The molecule has 3 nitrogen and oxygen atoms in total. The normalized spacial score (nSPS) is 10.8. The molecule has 1 aromatic carbocycles. The topological polar surface area (TPSA) is 34.9 Å². The highest BCUT2D eigenvalue weighted by molar-refractivity contribution is 9.10. The fourth-order valence-electron chi connectivity index (χ4n) is 2.27. The lowest BCUT2D eigenvalue weighted by Crippen LogP contribution is -2.08. The Bertz CT molecular complexity index is 644. The van der Waals surface area contributed by atoms with Gasteiger partial charge >= 0.3 is 0 Å². The first-order valence-electron chi connectivity index (χ1n) is 6.32. The molecule has 5 heteroatoms. The maximum Gasteiger partial charge on any atom is 0.141 e. The van der Waals surface area contributed by atoms with Crippen molar-refractivity contribution in [3.63, 3.8) is 0 Å². The molecule has 0 atom stereocenters. The summed E-state index contributed by atoms with van der Waals surface area (Å²) in [6.45, 7) is 3.84. The lowest BCUT2D eigenvalue weighted by Gasteiger charge is -2.04. The van der Waals surface area contributed by atoms with Gasteiger partial charge in [0, 0.05) is 35.6 Å². The van der Waals surface area contributed by atoms with Crippen molar-refractivity contribution in [1.29, 1.82) is 0 Å². The zero-order valence-electron chi connectivity index (χ0n) is 11.7. The summed E-state index contributed by atoms with van der Waals surface area (Å²) in [5.41, 5.74) is 3.52. The van der Waals surface area contributed by atoms with Crippen molar-refractivity contribution in [3.8, 4) is 0 Å². The summed E-state index contributed by atoms with van der Waals surface area (Å²) < 4.78 is 15.7. The standard InChI is InChI=1S/C15H16BrFN2O/c1-9-15(10(2)19(3)18-9)8-14(20)6-11-4-12(16)7-13(17)5-11/h4-5,7H,6,8H2,1-3H3. The molecular formula is C15H16BrFN2O. The van der Waals surface area contributed by atoms with E-state index in [0.29, 0.717) is 16.5 Å². The van der Waals surface area contributed by atoms with Gasteiger partial charge in [0.2, 0.25) is 0 Å². The maximum absolute atomic E-state index is 13.3. The van der Waals surface area contributed by atoms with Crippen molar-refractivity contribution in [1.82, 2.24) is 9.78 Å². The molecule has 0 aliphatic heterocycles. The second-order valence-electron chi connectivity index (χ2n) is 4.94. The molecule has 0 saturated carbocycles. The van der Waals surface area contributed by atoms with Gasteiger partial charge in [-0.15, -0.1) is 0 Å². The summed E-state index contributed by atoms with van der Waals surface area (Å²) in [4.78, 5) is 12.1. The van der Waals surface area contributed by atoms with Crippen LogP contribution in [0, 0.1) is 19.7 Å².